The van der Waals surface area contributed by atoms with Crippen LogP contribution in [0.3, 0.4) is 0 Å². The maximum absolute atomic E-state index is 10.1. The maximum atomic E-state index is 10.1. The topological polar surface area (TPSA) is 84.5 Å². The van der Waals surface area contributed by atoms with E-state index in [-0.39, 0.29) is 0 Å². The predicted octanol–water partition coefficient (Wildman–Crippen LogP) is -1.13. The van der Waals surface area contributed by atoms with Crippen molar-refractivity contribution in [2.45, 2.75) is 6.92 Å². The van der Waals surface area contributed by atoms with Gasteiger partial charge < -0.3 is 0 Å². The van der Waals surface area contributed by atoms with E-state index in [1.54, 1.807) is 0 Å². The van der Waals surface area contributed by atoms with Crippen LogP contribution in [0.25, 0.3) is 0 Å². The summed E-state index contributed by atoms with van der Waals surface area (Å²) in [6.07, 6.45) is 0. The molecule has 7 heteroatoms. The highest BCUT2D eigenvalue weighted by Crippen LogP contribution is 1.72. The highest BCUT2D eigenvalue weighted by Gasteiger charge is 2.10. The first kappa shape index (κ1) is 8.34. The number of nitrogens with one attached hydrogen (secondary N) is 1. The molecular weight excluding hydrogens is 142 g/mol. The lowest BCUT2D eigenvalue weighted by atomic mass is 10.8. The molecule has 7 nitrogen and oxygen atoms in total. The Morgan fingerprint density at radius 3 is 2.60 bits per heavy atom. The van der Waals surface area contributed by atoms with Gasteiger partial charge >= 0.3 is 5.97 Å². The molecule has 0 saturated heterocycles. The summed E-state index contributed by atoms with van der Waals surface area (Å²) in [4.78, 5) is 24.1. The van der Waals surface area contributed by atoms with Crippen molar-refractivity contribution in [2.75, 3.05) is 0 Å². The molecule has 0 radical (unpaired) electrons. The van der Waals surface area contributed by atoms with Gasteiger partial charge in [-0.05, 0) is 0 Å². The van der Waals surface area contributed by atoms with E-state index < -0.39 is 11.0 Å². The number of hydrazone groups is 1. The van der Waals surface area contributed by atoms with Crippen molar-refractivity contribution < 1.29 is 19.5 Å². The van der Waals surface area contributed by atoms with Crippen molar-refractivity contribution >= 4 is 12.7 Å². The zero-order chi connectivity index (χ0) is 8.15. The lowest BCUT2D eigenvalue weighted by molar-refractivity contribution is -0.913. The van der Waals surface area contributed by atoms with Gasteiger partial charge in [-0.3, -0.25) is 0 Å². The van der Waals surface area contributed by atoms with Crippen LogP contribution in [-0.2, 0) is 9.63 Å². The molecule has 0 rings (SSSR count). The molecule has 0 amide bonds. The fraction of sp³-hybridized carbons (Fsp3) is 0.333. The molecule has 0 spiro atoms. The number of carbonyl (C=O) groups excluding carboxylic acids is 1. The lowest BCUT2D eigenvalue weighted by Crippen LogP contribution is -2.34. The molecule has 0 aliphatic carbocycles. The third-order valence-electron chi connectivity index (χ3n) is 0.432. The normalized spacial score (nSPS) is 8.10. The highest BCUT2D eigenvalue weighted by atomic mass is 16.8. The molecule has 0 aromatic heterocycles. The number of hydrazine groups is 2. The zero-order valence-electron chi connectivity index (χ0n) is 5.23. The largest absolute Gasteiger partial charge is 0.380 e. The van der Waals surface area contributed by atoms with Crippen molar-refractivity contribution in [3.63, 3.8) is 0 Å². The Labute approximate surface area is 55.9 Å². The van der Waals surface area contributed by atoms with Gasteiger partial charge in [-0.25, -0.2) is 14.9 Å². The molecule has 0 bridgehead atoms. The average Bonchev–Trinajstić information content (AvgIpc) is 1.58. The van der Waals surface area contributed by atoms with Crippen LogP contribution in [-0.4, -0.2) is 22.6 Å². The van der Waals surface area contributed by atoms with E-state index in [0.29, 0.717) is 4.85 Å². The summed E-state index contributed by atoms with van der Waals surface area (Å²) in [7, 11) is 0. The van der Waals surface area contributed by atoms with E-state index in [0.717, 1.165) is 6.92 Å². The van der Waals surface area contributed by atoms with Crippen LogP contribution in [0, 0.1) is 10.1 Å². The Morgan fingerprint density at radius 2 is 2.30 bits per heavy atom. The van der Waals surface area contributed by atoms with E-state index in [9.17, 15) is 14.9 Å². The van der Waals surface area contributed by atoms with Crippen LogP contribution in [0.5, 0.6) is 0 Å². The highest BCUT2D eigenvalue weighted by molar-refractivity contribution is 5.65. The summed E-state index contributed by atoms with van der Waals surface area (Å²) in [6.45, 7) is 4.05. The van der Waals surface area contributed by atoms with Crippen LogP contribution in [0.2, 0.25) is 0 Å². The summed E-state index contributed by atoms with van der Waals surface area (Å²) >= 11 is 0. The number of carbonyl (C=O) groups is 1. The first-order chi connectivity index (χ1) is 4.52. The Bertz CT molecular complexity index is 159. The van der Waals surface area contributed by atoms with E-state index in [2.05, 4.69) is 11.6 Å². The van der Waals surface area contributed by atoms with Gasteiger partial charge in [-0.15, -0.1) is 0 Å². The zero-order valence-corrected chi connectivity index (χ0v) is 5.23. The second-order valence-corrected chi connectivity index (χ2v) is 1.32. The van der Waals surface area contributed by atoms with Crippen LogP contribution in [0.15, 0.2) is 0 Å². The fourth-order valence-corrected chi connectivity index (χ4v) is 0.267. The summed E-state index contributed by atoms with van der Waals surface area (Å²) in [5.74, 6) is -0.690. The molecule has 0 heterocycles. The monoisotopic (exact) mass is 148 g/mol. The molecule has 0 aromatic carbocycles. The van der Waals surface area contributed by atoms with Crippen molar-refractivity contribution in [3.8, 4) is 0 Å². The molecule has 0 saturated carbocycles. The molecule has 56 valence electrons. The number of hydrogen-bond acceptors (Lipinski definition) is 4. The molecule has 0 atom stereocenters. The Morgan fingerprint density at radius 1 is 1.80 bits per heavy atom. The minimum atomic E-state index is -0.907. The summed E-state index contributed by atoms with van der Waals surface area (Å²) < 4.78 is 0. The average molecular weight is 148 g/mol. The first-order valence-electron chi connectivity index (χ1n) is 2.22. The fourth-order valence-electron chi connectivity index (χ4n) is 0.267. The Balaban J connectivity index is 3.65. The molecule has 0 unspecified atom stereocenters. The van der Waals surface area contributed by atoms with E-state index in [1.165, 1.54) is 5.53 Å². The molecule has 0 aliphatic rings. The first-order valence-corrected chi connectivity index (χ1v) is 2.22. The van der Waals surface area contributed by atoms with E-state index in [1.807, 2.05) is 0 Å². The van der Waals surface area contributed by atoms with Gasteiger partial charge in [0.05, 0.1) is 0 Å². The van der Waals surface area contributed by atoms with Crippen LogP contribution in [0.4, 0.5) is 0 Å². The van der Waals surface area contributed by atoms with Gasteiger partial charge in [0.25, 0.3) is 0 Å². The minimum Gasteiger partial charge on any atom is -0.245 e. The van der Waals surface area contributed by atoms with Gasteiger partial charge in [-0.2, -0.15) is 4.84 Å². The number of rotatable bonds is 3. The number of hydrogen-bond donors (Lipinski definition) is 1. The molecule has 1 N–H and O–H groups in total. The molecule has 0 fully saturated rings. The lowest BCUT2D eigenvalue weighted by Gasteiger charge is -1.89. The quantitative estimate of drug-likeness (QED) is 0.180. The minimum absolute atomic E-state index is 0.350. The summed E-state index contributed by atoms with van der Waals surface area (Å²) in [5.41, 5.74) is 1.48. The summed E-state index contributed by atoms with van der Waals surface area (Å²) in [6, 6.07) is 0. The third-order valence-corrected chi connectivity index (χ3v) is 0.432. The summed E-state index contributed by atoms with van der Waals surface area (Å²) in [5, 5.41) is 8.71. The third kappa shape index (κ3) is 4.50. The Kier molecular flexibility index (Phi) is 2.82. The van der Waals surface area contributed by atoms with Gasteiger partial charge in [0.2, 0.25) is 11.7 Å². The molecule has 10 heavy (non-hydrogen) atoms. The second kappa shape index (κ2) is 3.38. The molecule has 0 aromatic rings. The SMILES string of the molecule is C=[N+](N[N+](=O)[O-])OC(C)=O. The van der Waals surface area contributed by atoms with Crippen LogP contribution >= 0.6 is 0 Å². The molecule has 0 aliphatic heterocycles. The van der Waals surface area contributed by atoms with Crippen LogP contribution in [0.1, 0.15) is 6.92 Å². The maximum Gasteiger partial charge on any atom is 0.380 e. The van der Waals surface area contributed by atoms with Gasteiger partial charge in [0, 0.05) is 6.92 Å². The van der Waals surface area contributed by atoms with Crippen molar-refractivity contribution in [1.29, 1.82) is 0 Å². The Hall–Kier alpha value is -1.66. The molecular formula is C3H6N3O4+. The van der Waals surface area contributed by atoms with Gasteiger partial charge in [0.15, 0.2) is 4.85 Å². The standard InChI is InChI=1S/C3H6N3O4/c1-3(7)10-5(2)4-6(8)9/h4H,2H2,1H3/q+1. The predicted molar refractivity (Wildman–Crippen MR) is 29.3 cm³/mol. The number of nitro groups is 1. The van der Waals surface area contributed by atoms with Crippen molar-refractivity contribution in [2.24, 2.45) is 0 Å². The smallest absolute Gasteiger partial charge is 0.245 e. The van der Waals surface area contributed by atoms with E-state index in [4.69, 9.17) is 0 Å². The van der Waals surface area contributed by atoms with Crippen LogP contribution < -0.4 is 5.53 Å². The van der Waals surface area contributed by atoms with Crippen molar-refractivity contribution in [1.82, 2.24) is 5.53 Å². The second-order valence-electron chi connectivity index (χ2n) is 1.32. The van der Waals surface area contributed by atoms with Crippen molar-refractivity contribution in [3.05, 3.63) is 10.1 Å². The van der Waals surface area contributed by atoms with Gasteiger partial charge in [0.1, 0.15) is 5.53 Å². The van der Waals surface area contributed by atoms with Gasteiger partial charge in [-0.1, -0.05) is 0 Å². The number of nitrogens with zero attached hydrogens (tertiary/aromatic N) is 2. The van der Waals surface area contributed by atoms with E-state index >= 15 is 0 Å².